The Hall–Kier alpha value is -1.77. The van der Waals surface area contributed by atoms with Crippen LogP contribution in [0.25, 0.3) is 0 Å². The van der Waals surface area contributed by atoms with Gasteiger partial charge < -0.3 is 4.52 Å². The Labute approximate surface area is 110 Å². The Balaban J connectivity index is 1.82. The third kappa shape index (κ3) is 3.91. The lowest BCUT2D eigenvalue weighted by molar-refractivity contribution is 0.366. The normalized spacial score (nSPS) is 10.2. The van der Waals surface area contributed by atoms with Gasteiger partial charge in [0.1, 0.15) is 0 Å². The van der Waals surface area contributed by atoms with E-state index in [-0.39, 0.29) is 0 Å². The summed E-state index contributed by atoms with van der Waals surface area (Å²) >= 11 is 1.68. The molecule has 0 aliphatic heterocycles. The predicted octanol–water partition coefficient (Wildman–Crippen LogP) is 2.08. The molecule has 0 fully saturated rings. The number of nitrogens with one attached hydrogen (secondary N) is 1. The van der Waals surface area contributed by atoms with Crippen LogP contribution in [0.3, 0.4) is 0 Å². The predicted molar refractivity (Wildman–Crippen MR) is 70.8 cm³/mol. The Morgan fingerprint density at radius 1 is 1.33 bits per heavy atom. The number of nitrogens with zero attached hydrogens (tertiary/aromatic N) is 2. The van der Waals surface area contributed by atoms with Gasteiger partial charge in [-0.3, -0.25) is 5.32 Å². The molecule has 1 aromatic carbocycles. The van der Waals surface area contributed by atoms with Gasteiger partial charge in [0.15, 0.2) is 5.82 Å². The van der Waals surface area contributed by atoms with Gasteiger partial charge in [-0.05, 0) is 12.1 Å². The van der Waals surface area contributed by atoms with Crippen LogP contribution in [0.4, 0.5) is 0 Å². The molecule has 0 bridgehead atoms. The van der Waals surface area contributed by atoms with E-state index < -0.39 is 0 Å². The molecule has 1 heterocycles. The molecule has 0 unspecified atom stereocenters. The van der Waals surface area contributed by atoms with Crippen molar-refractivity contribution in [2.75, 3.05) is 6.54 Å². The van der Waals surface area contributed by atoms with Crippen molar-refractivity contribution in [2.45, 2.75) is 17.2 Å². The van der Waals surface area contributed by atoms with E-state index >= 15 is 0 Å². The molecule has 0 radical (unpaired) electrons. The van der Waals surface area contributed by atoms with E-state index in [0.717, 1.165) is 0 Å². The molecule has 1 aromatic heterocycles. The van der Waals surface area contributed by atoms with E-state index in [1.807, 2.05) is 18.2 Å². The fourth-order valence-corrected chi connectivity index (χ4v) is 2.09. The number of hydrogen-bond acceptors (Lipinski definition) is 5. The van der Waals surface area contributed by atoms with Gasteiger partial charge in [-0.1, -0.05) is 29.3 Å². The van der Waals surface area contributed by atoms with Crippen molar-refractivity contribution in [1.82, 2.24) is 15.5 Å². The summed E-state index contributed by atoms with van der Waals surface area (Å²) < 4.78 is 5.09. The molecule has 1 N–H and O–H groups in total. The third-order valence-corrected chi connectivity index (χ3v) is 3.13. The smallest absolute Gasteiger partial charge is 0.240 e. The van der Waals surface area contributed by atoms with Gasteiger partial charge in [0.25, 0.3) is 0 Å². The highest BCUT2D eigenvalue weighted by molar-refractivity contribution is 7.98. The molecular weight excluding hydrogens is 246 g/mol. The zero-order valence-corrected chi connectivity index (χ0v) is 10.6. The number of terminal acetylenes is 1. The van der Waals surface area contributed by atoms with Crippen molar-refractivity contribution in [2.24, 2.45) is 0 Å². The molecule has 0 amide bonds. The van der Waals surface area contributed by atoms with E-state index in [9.17, 15) is 0 Å². The van der Waals surface area contributed by atoms with Gasteiger partial charge in [0.05, 0.1) is 18.8 Å². The molecular formula is C13H13N3OS. The SMILES string of the molecule is C#CCNCc1nc(CSc2ccccc2)no1. The van der Waals surface area contributed by atoms with Gasteiger partial charge in [0, 0.05) is 4.90 Å². The molecule has 2 rings (SSSR count). The zero-order valence-electron chi connectivity index (χ0n) is 9.80. The number of thioether (sulfide) groups is 1. The Bertz CT molecular complexity index is 519. The first kappa shape index (κ1) is 12.7. The Kier molecular flexibility index (Phi) is 4.82. The van der Waals surface area contributed by atoms with Crippen molar-refractivity contribution >= 4 is 11.8 Å². The van der Waals surface area contributed by atoms with E-state index in [0.29, 0.717) is 30.6 Å². The highest BCUT2D eigenvalue weighted by Crippen LogP contribution is 2.20. The molecule has 18 heavy (non-hydrogen) atoms. The minimum absolute atomic E-state index is 0.497. The minimum Gasteiger partial charge on any atom is -0.338 e. The van der Waals surface area contributed by atoms with E-state index in [1.54, 1.807) is 11.8 Å². The van der Waals surface area contributed by atoms with Crippen LogP contribution < -0.4 is 5.32 Å². The molecule has 2 aromatic rings. The lowest BCUT2D eigenvalue weighted by Gasteiger charge is -1.96. The fourth-order valence-electron chi connectivity index (χ4n) is 1.33. The number of aromatic nitrogens is 2. The van der Waals surface area contributed by atoms with Crippen molar-refractivity contribution in [3.63, 3.8) is 0 Å². The maximum atomic E-state index is 5.13. The average Bonchev–Trinajstić information content (AvgIpc) is 2.86. The van der Waals surface area contributed by atoms with Crippen LogP contribution in [0.15, 0.2) is 39.8 Å². The summed E-state index contributed by atoms with van der Waals surface area (Å²) in [4.78, 5) is 5.46. The second-order valence-corrected chi connectivity index (χ2v) is 4.56. The summed E-state index contributed by atoms with van der Waals surface area (Å²) in [5, 5.41) is 6.91. The molecule has 4 nitrogen and oxygen atoms in total. The first-order valence-electron chi connectivity index (χ1n) is 5.52. The van der Waals surface area contributed by atoms with Crippen LogP contribution in [0.5, 0.6) is 0 Å². The summed E-state index contributed by atoms with van der Waals surface area (Å²) in [6.45, 7) is 1.00. The summed E-state index contributed by atoms with van der Waals surface area (Å²) in [6.07, 6.45) is 5.13. The highest BCUT2D eigenvalue weighted by atomic mass is 32.2. The standard InChI is InChI=1S/C13H13N3OS/c1-2-8-14-9-13-15-12(16-17-13)10-18-11-6-4-3-5-7-11/h1,3-7,14H,8-10H2. The molecule has 0 atom stereocenters. The fraction of sp³-hybridized carbons (Fsp3) is 0.231. The molecule has 0 saturated carbocycles. The van der Waals surface area contributed by atoms with Crippen molar-refractivity contribution in [3.8, 4) is 12.3 Å². The van der Waals surface area contributed by atoms with Crippen LogP contribution in [0.1, 0.15) is 11.7 Å². The van der Waals surface area contributed by atoms with Gasteiger partial charge in [-0.2, -0.15) is 4.98 Å². The molecule has 0 aliphatic carbocycles. The summed E-state index contributed by atoms with van der Waals surface area (Å²) in [5.41, 5.74) is 0. The maximum Gasteiger partial charge on any atom is 0.240 e. The molecule has 0 aliphatic rings. The summed E-state index contributed by atoms with van der Waals surface area (Å²) in [6, 6.07) is 10.1. The zero-order chi connectivity index (χ0) is 12.6. The van der Waals surface area contributed by atoms with Crippen LogP contribution in [0.2, 0.25) is 0 Å². The van der Waals surface area contributed by atoms with E-state index in [1.165, 1.54) is 4.90 Å². The summed E-state index contributed by atoms with van der Waals surface area (Å²) in [5.74, 6) is 4.44. The lowest BCUT2D eigenvalue weighted by Crippen LogP contribution is -2.13. The monoisotopic (exact) mass is 259 g/mol. The Morgan fingerprint density at radius 2 is 2.17 bits per heavy atom. The largest absolute Gasteiger partial charge is 0.338 e. The first-order chi connectivity index (χ1) is 8.88. The number of benzene rings is 1. The number of rotatable bonds is 6. The van der Waals surface area contributed by atoms with E-state index in [2.05, 4.69) is 33.5 Å². The van der Waals surface area contributed by atoms with Crippen LogP contribution in [0, 0.1) is 12.3 Å². The van der Waals surface area contributed by atoms with Crippen molar-refractivity contribution in [3.05, 3.63) is 42.0 Å². The lowest BCUT2D eigenvalue weighted by atomic mass is 10.4. The highest BCUT2D eigenvalue weighted by Gasteiger charge is 2.05. The molecule has 5 heteroatoms. The quantitative estimate of drug-likeness (QED) is 0.489. The van der Waals surface area contributed by atoms with Gasteiger partial charge in [-0.25, -0.2) is 0 Å². The minimum atomic E-state index is 0.497. The van der Waals surface area contributed by atoms with Crippen molar-refractivity contribution < 1.29 is 4.52 Å². The molecule has 0 spiro atoms. The van der Waals surface area contributed by atoms with Gasteiger partial charge in [0.2, 0.25) is 5.89 Å². The second kappa shape index (κ2) is 6.84. The average molecular weight is 259 g/mol. The van der Waals surface area contributed by atoms with Gasteiger partial charge >= 0.3 is 0 Å². The van der Waals surface area contributed by atoms with Crippen LogP contribution >= 0.6 is 11.8 Å². The molecule has 0 saturated heterocycles. The summed E-state index contributed by atoms with van der Waals surface area (Å²) in [7, 11) is 0. The second-order valence-electron chi connectivity index (χ2n) is 3.51. The maximum absolute atomic E-state index is 5.13. The molecule has 92 valence electrons. The van der Waals surface area contributed by atoms with Crippen LogP contribution in [-0.2, 0) is 12.3 Å². The third-order valence-electron chi connectivity index (χ3n) is 2.12. The number of hydrogen-bond donors (Lipinski definition) is 1. The first-order valence-corrected chi connectivity index (χ1v) is 6.50. The van der Waals surface area contributed by atoms with E-state index in [4.69, 9.17) is 10.9 Å². The Morgan fingerprint density at radius 3 is 2.94 bits per heavy atom. The van der Waals surface area contributed by atoms with Crippen molar-refractivity contribution in [1.29, 1.82) is 0 Å². The van der Waals surface area contributed by atoms with Crippen LogP contribution in [-0.4, -0.2) is 16.7 Å². The van der Waals surface area contributed by atoms with Gasteiger partial charge in [-0.15, -0.1) is 18.2 Å². The topological polar surface area (TPSA) is 51.0 Å².